The Balaban J connectivity index is 3.00. The Bertz CT molecular complexity index is 62.7. The van der Waals surface area contributed by atoms with Crippen molar-refractivity contribution in [3.05, 3.63) is 10.8 Å². The summed E-state index contributed by atoms with van der Waals surface area (Å²) in [6.07, 6.45) is 0. The summed E-state index contributed by atoms with van der Waals surface area (Å²) >= 11 is 3.52. The second-order valence-electron chi connectivity index (χ2n) is 1.01. The highest BCUT2D eigenvalue weighted by Gasteiger charge is 1.84. The largest absolute Gasteiger partial charge is 0.180 e. The molecule has 0 fully saturated rings. The number of hydrogen-bond acceptors (Lipinski definition) is 2. The molecule has 0 saturated heterocycles. The Labute approximate surface area is 54.4 Å². The van der Waals surface area contributed by atoms with Crippen LogP contribution in [0.5, 0.6) is 0 Å². The minimum absolute atomic E-state index is 1.14. The summed E-state index contributed by atoms with van der Waals surface area (Å²) in [7, 11) is 2.05. The van der Waals surface area contributed by atoms with E-state index in [0.29, 0.717) is 0 Å². The van der Waals surface area contributed by atoms with Gasteiger partial charge in [0.15, 0.2) is 7.12 Å². The van der Waals surface area contributed by atoms with Crippen molar-refractivity contribution in [2.45, 2.75) is 6.92 Å². The highest BCUT2D eigenvalue weighted by Crippen LogP contribution is 2.21. The van der Waals surface area contributed by atoms with E-state index >= 15 is 0 Å². The Morgan fingerprint density at radius 3 is 2.57 bits per heavy atom. The molecule has 0 aromatic carbocycles. The molecule has 40 valence electrons. The van der Waals surface area contributed by atoms with Gasteiger partial charge in [-0.2, -0.15) is 11.6 Å². The van der Waals surface area contributed by atoms with Crippen molar-refractivity contribution in [3.8, 4) is 0 Å². The normalized spacial score (nSPS) is 8.71. The van der Waals surface area contributed by atoms with Crippen LogP contribution in [-0.4, -0.2) is 12.9 Å². The fourth-order valence-electron chi connectivity index (χ4n) is 0.220. The molecule has 0 rings (SSSR count). The second kappa shape index (κ2) is 4.66. The van der Waals surface area contributed by atoms with Gasteiger partial charge in [0.05, 0.1) is 0 Å². The lowest BCUT2D eigenvalue weighted by Gasteiger charge is -1.93. The van der Waals surface area contributed by atoms with Crippen LogP contribution in [-0.2, 0) is 0 Å². The first-order valence-corrected chi connectivity index (χ1v) is 4.38. The first-order chi connectivity index (χ1) is 3.31. The van der Waals surface area contributed by atoms with Crippen molar-refractivity contribution in [2.75, 3.05) is 5.75 Å². The smallest absolute Gasteiger partial charge is 0.180 e. The average molecular weight is 132 g/mol. The maximum Gasteiger partial charge on any atom is 0.180 e. The highest BCUT2D eigenvalue weighted by molar-refractivity contribution is 8.33. The van der Waals surface area contributed by atoms with Crippen LogP contribution in [0.25, 0.3) is 0 Å². The first-order valence-electron chi connectivity index (χ1n) is 2.17. The van der Waals surface area contributed by atoms with Crippen molar-refractivity contribution in [1.29, 1.82) is 0 Å². The maximum absolute atomic E-state index is 3.79. The summed E-state index contributed by atoms with van der Waals surface area (Å²) in [5.41, 5.74) is 0. The van der Waals surface area contributed by atoms with Crippen molar-refractivity contribution in [2.24, 2.45) is 0 Å². The van der Waals surface area contributed by atoms with Gasteiger partial charge in [-0.15, -0.1) is 11.8 Å². The molecule has 0 bridgehead atoms. The summed E-state index contributed by atoms with van der Waals surface area (Å²) in [5.74, 6) is 1.14. The molecular weight excluding hydrogens is 123 g/mol. The zero-order valence-electron chi connectivity index (χ0n) is 4.73. The molecule has 0 atom stereocenters. The van der Waals surface area contributed by atoms with Gasteiger partial charge in [0.1, 0.15) is 0 Å². The standard InChI is InChI=1S/C4H9BS2/c1-3-6-4(2)7-5/h2-3,5H2,1H3. The molecule has 0 saturated carbocycles. The number of rotatable bonds is 3. The second-order valence-corrected chi connectivity index (χ2v) is 3.53. The molecule has 0 heterocycles. The van der Waals surface area contributed by atoms with Gasteiger partial charge in [-0.1, -0.05) is 13.5 Å². The van der Waals surface area contributed by atoms with E-state index < -0.39 is 0 Å². The zero-order valence-corrected chi connectivity index (χ0v) is 6.36. The molecule has 0 radical (unpaired) electrons. The Hall–Kier alpha value is 0.505. The van der Waals surface area contributed by atoms with Gasteiger partial charge in [-0.25, -0.2) is 0 Å². The monoisotopic (exact) mass is 132 g/mol. The first kappa shape index (κ1) is 7.50. The lowest BCUT2D eigenvalue weighted by Crippen LogP contribution is -1.65. The third-order valence-corrected chi connectivity index (χ3v) is 2.45. The lowest BCUT2D eigenvalue weighted by atomic mass is 10.8. The predicted molar refractivity (Wildman–Crippen MR) is 43.4 cm³/mol. The SMILES string of the molecule is BSC(=C)SCC. The topological polar surface area (TPSA) is 0 Å². The van der Waals surface area contributed by atoms with Crippen molar-refractivity contribution in [3.63, 3.8) is 0 Å². The Kier molecular flexibility index (Phi) is 4.99. The maximum atomic E-state index is 3.79. The van der Waals surface area contributed by atoms with Gasteiger partial charge in [0, 0.05) is 4.24 Å². The fourth-order valence-corrected chi connectivity index (χ4v) is 1.37. The van der Waals surface area contributed by atoms with Crippen LogP contribution < -0.4 is 0 Å². The highest BCUT2D eigenvalue weighted by atomic mass is 32.2. The molecule has 0 aromatic heterocycles. The third-order valence-electron chi connectivity index (χ3n) is 0.533. The molecule has 0 spiro atoms. The predicted octanol–water partition coefficient (Wildman–Crippen LogP) is 1.49. The van der Waals surface area contributed by atoms with E-state index in [1.54, 1.807) is 23.4 Å². The van der Waals surface area contributed by atoms with Crippen LogP contribution in [0.3, 0.4) is 0 Å². The van der Waals surface area contributed by atoms with E-state index in [1.165, 1.54) is 4.24 Å². The van der Waals surface area contributed by atoms with Crippen LogP contribution in [0.1, 0.15) is 6.92 Å². The quantitative estimate of drug-likeness (QED) is 0.533. The summed E-state index contributed by atoms with van der Waals surface area (Å²) < 4.78 is 1.21. The number of thioether (sulfide) groups is 1. The van der Waals surface area contributed by atoms with E-state index in [0.717, 1.165) is 5.75 Å². The lowest BCUT2D eigenvalue weighted by molar-refractivity contribution is 1.54. The van der Waals surface area contributed by atoms with Crippen molar-refractivity contribution < 1.29 is 0 Å². The minimum atomic E-state index is 1.14. The molecule has 0 aromatic rings. The van der Waals surface area contributed by atoms with Gasteiger partial charge >= 0.3 is 0 Å². The van der Waals surface area contributed by atoms with E-state index in [9.17, 15) is 0 Å². The molecule has 0 aliphatic carbocycles. The van der Waals surface area contributed by atoms with E-state index in [1.807, 2.05) is 7.12 Å². The Morgan fingerprint density at radius 1 is 1.86 bits per heavy atom. The van der Waals surface area contributed by atoms with Gasteiger partial charge in [0.25, 0.3) is 0 Å². The molecule has 3 heteroatoms. The molecule has 0 amide bonds. The van der Waals surface area contributed by atoms with Crippen molar-refractivity contribution >= 4 is 30.5 Å². The molecule has 0 N–H and O–H groups in total. The summed E-state index contributed by atoms with van der Waals surface area (Å²) in [6, 6.07) is 0. The van der Waals surface area contributed by atoms with E-state index in [2.05, 4.69) is 13.5 Å². The third kappa shape index (κ3) is 4.36. The number of hydrogen-bond donors (Lipinski definition) is 0. The Morgan fingerprint density at radius 2 is 2.43 bits per heavy atom. The molecule has 0 aliphatic heterocycles. The molecule has 0 nitrogen and oxygen atoms in total. The minimum Gasteiger partial charge on any atom is -0.180 e. The summed E-state index contributed by atoms with van der Waals surface area (Å²) in [5, 5.41) is 0. The molecular formula is C4H9BS2. The average Bonchev–Trinajstić information content (AvgIpc) is 1.68. The van der Waals surface area contributed by atoms with E-state index in [4.69, 9.17) is 0 Å². The fraction of sp³-hybridized carbons (Fsp3) is 0.500. The van der Waals surface area contributed by atoms with Crippen molar-refractivity contribution in [1.82, 2.24) is 0 Å². The van der Waals surface area contributed by atoms with Gasteiger partial charge in [-0.05, 0) is 5.75 Å². The molecule has 0 aliphatic rings. The molecule has 0 unspecified atom stereocenters. The van der Waals surface area contributed by atoms with Gasteiger partial charge in [-0.3, -0.25) is 0 Å². The van der Waals surface area contributed by atoms with Gasteiger partial charge in [0.2, 0.25) is 0 Å². The van der Waals surface area contributed by atoms with Crippen LogP contribution in [0.2, 0.25) is 0 Å². The summed E-state index contributed by atoms with van der Waals surface area (Å²) in [4.78, 5) is 0. The molecule has 7 heavy (non-hydrogen) atoms. The summed E-state index contributed by atoms with van der Waals surface area (Å²) in [6.45, 7) is 5.92. The van der Waals surface area contributed by atoms with Crippen LogP contribution in [0.4, 0.5) is 0 Å². The van der Waals surface area contributed by atoms with Gasteiger partial charge < -0.3 is 0 Å². The van der Waals surface area contributed by atoms with E-state index in [-0.39, 0.29) is 0 Å². The van der Waals surface area contributed by atoms with Crippen LogP contribution in [0, 0.1) is 0 Å². The van der Waals surface area contributed by atoms with Crippen LogP contribution in [0.15, 0.2) is 10.8 Å². The zero-order chi connectivity index (χ0) is 5.70. The van der Waals surface area contributed by atoms with Crippen LogP contribution >= 0.6 is 23.4 Å².